The van der Waals surface area contributed by atoms with E-state index in [9.17, 15) is 19.2 Å². The first-order valence-corrected chi connectivity index (χ1v) is 14.6. The number of ether oxygens (including phenoxy) is 5. The molecule has 0 bridgehead atoms. The number of carbonyl (C=O) groups excluding carboxylic acids is 4. The van der Waals surface area contributed by atoms with Crippen molar-refractivity contribution in [1.82, 2.24) is 0 Å². The number of rotatable bonds is 9. The van der Waals surface area contributed by atoms with Gasteiger partial charge in [0, 0.05) is 4.90 Å². The normalized spacial score (nSPS) is 21.0. The molecule has 1 fully saturated rings. The fourth-order valence-electron chi connectivity index (χ4n) is 4.53. The second-order valence-electron chi connectivity index (χ2n) is 9.59. The van der Waals surface area contributed by atoms with Crippen LogP contribution in [0.3, 0.4) is 0 Å². The van der Waals surface area contributed by atoms with E-state index >= 15 is 0 Å². The van der Waals surface area contributed by atoms with Crippen LogP contribution in [0.1, 0.15) is 31.1 Å². The molecule has 1 aliphatic rings. The van der Waals surface area contributed by atoms with Gasteiger partial charge in [0.25, 0.3) is 0 Å². The Labute approximate surface area is 258 Å². The van der Waals surface area contributed by atoms with Gasteiger partial charge in [0.15, 0.2) is 24.4 Å². The van der Waals surface area contributed by atoms with Crippen molar-refractivity contribution in [3.05, 3.63) is 138 Å². The highest BCUT2D eigenvalue weighted by molar-refractivity contribution is 7.99. The smallest absolute Gasteiger partial charge is 0.339 e. The van der Waals surface area contributed by atoms with Crippen molar-refractivity contribution in [2.75, 3.05) is 7.11 Å². The Bertz CT molecular complexity index is 1570. The van der Waals surface area contributed by atoms with Crippen LogP contribution in [0.15, 0.2) is 126 Å². The molecule has 10 heteroatoms. The summed E-state index contributed by atoms with van der Waals surface area (Å²) in [5, 5.41) is 0. The second-order valence-corrected chi connectivity index (χ2v) is 10.8. The van der Waals surface area contributed by atoms with Gasteiger partial charge < -0.3 is 23.7 Å². The number of hydrogen-bond acceptors (Lipinski definition) is 10. The molecule has 0 aromatic heterocycles. The fraction of sp³-hybridized carbons (Fsp3) is 0.176. The van der Waals surface area contributed by atoms with Crippen LogP contribution < -0.4 is 0 Å². The van der Waals surface area contributed by atoms with E-state index in [2.05, 4.69) is 0 Å². The average molecular weight is 613 g/mol. The fourth-order valence-corrected chi connectivity index (χ4v) is 5.63. The van der Waals surface area contributed by atoms with Gasteiger partial charge in [-0.2, -0.15) is 0 Å². The van der Waals surface area contributed by atoms with Crippen molar-refractivity contribution in [2.45, 2.75) is 34.7 Å². The van der Waals surface area contributed by atoms with E-state index in [1.165, 1.54) is 12.1 Å². The molecule has 0 radical (unpaired) electrons. The maximum atomic E-state index is 13.5. The topological polar surface area (TPSA) is 114 Å². The quantitative estimate of drug-likeness (QED) is 0.181. The highest BCUT2D eigenvalue weighted by Crippen LogP contribution is 2.38. The van der Waals surface area contributed by atoms with Gasteiger partial charge in [0.2, 0.25) is 0 Å². The molecular formula is C34H28O9S. The zero-order chi connectivity index (χ0) is 30.9. The van der Waals surface area contributed by atoms with Crippen LogP contribution in [0.4, 0.5) is 0 Å². The van der Waals surface area contributed by atoms with Gasteiger partial charge in [-0.25, -0.2) is 19.2 Å². The minimum Gasteiger partial charge on any atom is -0.467 e. The minimum atomic E-state index is -1.55. The summed E-state index contributed by atoms with van der Waals surface area (Å²) in [6.07, 6.45) is -5.91. The third-order valence-corrected chi connectivity index (χ3v) is 7.84. The summed E-state index contributed by atoms with van der Waals surface area (Å²) >= 11 is 1.15. The molecule has 1 saturated heterocycles. The number of hydrogen-bond donors (Lipinski definition) is 0. The highest BCUT2D eigenvalue weighted by Gasteiger charge is 2.55. The molecule has 5 rings (SSSR count). The summed E-state index contributed by atoms with van der Waals surface area (Å²) in [5.74, 6) is -3.20. The summed E-state index contributed by atoms with van der Waals surface area (Å²) < 4.78 is 29.0. The SMILES string of the molecule is COC(=O)[C@H]1O[C@@H](Sc2ccccc2)[C@H](OC(=O)c2ccccc2)[C@@H](OC(=O)c2ccccc2)[C@@H]1OC(=O)c1ccccc1. The van der Waals surface area contributed by atoms with Gasteiger partial charge in [-0.15, -0.1) is 0 Å². The van der Waals surface area contributed by atoms with Crippen LogP contribution in [0, 0.1) is 0 Å². The maximum absolute atomic E-state index is 13.5. The lowest BCUT2D eigenvalue weighted by Gasteiger charge is -2.43. The molecule has 44 heavy (non-hydrogen) atoms. The zero-order valence-corrected chi connectivity index (χ0v) is 24.3. The molecular weight excluding hydrogens is 584 g/mol. The first-order chi connectivity index (χ1) is 21.4. The molecule has 1 heterocycles. The molecule has 0 unspecified atom stereocenters. The van der Waals surface area contributed by atoms with Crippen molar-refractivity contribution in [3.8, 4) is 0 Å². The molecule has 224 valence electrons. The van der Waals surface area contributed by atoms with Gasteiger partial charge in [-0.3, -0.25) is 0 Å². The van der Waals surface area contributed by atoms with Crippen molar-refractivity contribution in [2.24, 2.45) is 0 Å². The van der Waals surface area contributed by atoms with E-state index in [1.807, 2.05) is 30.3 Å². The lowest BCUT2D eigenvalue weighted by Crippen LogP contribution is -2.62. The van der Waals surface area contributed by atoms with Crippen LogP contribution in [0.2, 0.25) is 0 Å². The summed E-state index contributed by atoms with van der Waals surface area (Å²) in [6.45, 7) is 0. The minimum absolute atomic E-state index is 0.183. The largest absolute Gasteiger partial charge is 0.467 e. The van der Waals surface area contributed by atoms with E-state index in [-0.39, 0.29) is 16.7 Å². The molecule has 0 aliphatic carbocycles. The number of benzene rings is 4. The van der Waals surface area contributed by atoms with E-state index < -0.39 is 53.7 Å². The predicted molar refractivity (Wildman–Crippen MR) is 160 cm³/mol. The first kappa shape index (κ1) is 30.5. The molecule has 4 aromatic carbocycles. The number of esters is 4. The third-order valence-electron chi connectivity index (χ3n) is 6.68. The summed E-state index contributed by atoms with van der Waals surface area (Å²) in [7, 11) is 1.16. The van der Waals surface area contributed by atoms with Gasteiger partial charge >= 0.3 is 23.9 Å². The van der Waals surface area contributed by atoms with Gasteiger partial charge in [0.05, 0.1) is 23.8 Å². The Kier molecular flexibility index (Phi) is 10.1. The molecule has 0 spiro atoms. The summed E-state index contributed by atoms with van der Waals surface area (Å²) in [6, 6.07) is 33.6. The second kappa shape index (κ2) is 14.5. The Morgan fingerprint density at radius 3 is 1.36 bits per heavy atom. The van der Waals surface area contributed by atoms with Crippen LogP contribution in [0.25, 0.3) is 0 Å². The number of methoxy groups -OCH3 is 1. The molecule has 9 nitrogen and oxygen atoms in total. The van der Waals surface area contributed by atoms with Crippen molar-refractivity contribution in [3.63, 3.8) is 0 Å². The van der Waals surface area contributed by atoms with Crippen LogP contribution in [0.5, 0.6) is 0 Å². The summed E-state index contributed by atoms with van der Waals surface area (Å²) in [5.41, 5.74) is -0.476. The van der Waals surface area contributed by atoms with Gasteiger partial charge in [0.1, 0.15) is 5.44 Å². The Morgan fingerprint density at radius 1 is 0.545 bits per heavy atom. The third kappa shape index (κ3) is 7.34. The molecule has 0 amide bonds. The van der Waals surface area contributed by atoms with Crippen LogP contribution >= 0.6 is 11.8 Å². The highest BCUT2D eigenvalue weighted by atomic mass is 32.2. The molecule has 1 aliphatic heterocycles. The Morgan fingerprint density at radius 2 is 0.932 bits per heavy atom. The maximum Gasteiger partial charge on any atom is 0.339 e. The van der Waals surface area contributed by atoms with Crippen molar-refractivity contribution >= 4 is 35.6 Å². The van der Waals surface area contributed by atoms with E-state index in [4.69, 9.17) is 23.7 Å². The zero-order valence-electron chi connectivity index (χ0n) is 23.5. The van der Waals surface area contributed by atoms with E-state index in [1.54, 1.807) is 78.9 Å². The van der Waals surface area contributed by atoms with Crippen molar-refractivity contribution in [1.29, 1.82) is 0 Å². The first-order valence-electron chi connectivity index (χ1n) is 13.7. The standard InChI is InChI=1S/C34H28O9S/c1-39-33(38)28-26(40-30(35)22-14-6-2-7-15-22)27(41-31(36)23-16-8-3-9-17-23)29(42-32(37)24-18-10-4-11-19-24)34(43-28)44-25-20-12-5-13-21-25/h2-21,26-29,34H,1H3/t26-,27-,28-,29+,34-/m0/s1. The predicted octanol–water partition coefficient (Wildman–Crippen LogP) is 5.35. The molecule has 0 N–H and O–H groups in total. The van der Waals surface area contributed by atoms with E-state index in [0.717, 1.165) is 23.8 Å². The van der Waals surface area contributed by atoms with Gasteiger partial charge in [-0.1, -0.05) is 84.6 Å². The van der Waals surface area contributed by atoms with Gasteiger partial charge in [-0.05, 0) is 48.5 Å². The number of thioether (sulfide) groups is 1. The van der Waals surface area contributed by atoms with E-state index in [0.29, 0.717) is 0 Å². The monoisotopic (exact) mass is 612 g/mol. The molecule has 5 atom stereocenters. The molecule has 0 saturated carbocycles. The lowest BCUT2D eigenvalue weighted by molar-refractivity contribution is -0.211. The Balaban J connectivity index is 1.58. The average Bonchev–Trinajstić information content (AvgIpc) is 3.08. The lowest BCUT2D eigenvalue weighted by atomic mass is 9.98. The molecule has 4 aromatic rings. The summed E-state index contributed by atoms with van der Waals surface area (Å²) in [4.78, 5) is 54.0. The van der Waals surface area contributed by atoms with Crippen molar-refractivity contribution < 1.29 is 42.9 Å². The Hall–Kier alpha value is -4.93. The number of carbonyl (C=O) groups is 4. The van der Waals surface area contributed by atoms with Crippen LogP contribution in [-0.4, -0.2) is 60.8 Å². The van der Waals surface area contributed by atoms with Crippen LogP contribution in [-0.2, 0) is 28.5 Å².